The van der Waals surface area contributed by atoms with E-state index in [1.54, 1.807) is 23.1 Å². The average Bonchev–Trinajstić information content (AvgIpc) is 2.60. The highest BCUT2D eigenvalue weighted by Gasteiger charge is 2.35. The number of cyclic esters (lactones) is 1. The van der Waals surface area contributed by atoms with E-state index < -0.39 is 12.1 Å². The van der Waals surface area contributed by atoms with Gasteiger partial charge < -0.3 is 9.64 Å². The minimum atomic E-state index is -0.830. The maximum atomic E-state index is 13.4. The Kier molecular flexibility index (Phi) is 3.56. The summed E-state index contributed by atoms with van der Waals surface area (Å²) in [5.74, 6) is -1.02. The van der Waals surface area contributed by atoms with Crippen molar-refractivity contribution in [1.82, 2.24) is 0 Å². The highest BCUT2D eigenvalue weighted by Crippen LogP contribution is 2.30. The number of esters is 1. The smallest absolute Gasteiger partial charge is 0.339 e. The number of carbonyl (C=O) groups is 2. The third kappa shape index (κ3) is 2.46. The fraction of sp³-hybridized carbons (Fsp3) is 0.263. The lowest BCUT2D eigenvalue weighted by Crippen LogP contribution is -2.46. The number of rotatable bonds is 1. The first-order chi connectivity index (χ1) is 11.6. The lowest BCUT2D eigenvalue weighted by atomic mass is 9.96. The second-order valence-corrected chi connectivity index (χ2v) is 6.12. The van der Waals surface area contributed by atoms with Crippen molar-refractivity contribution in [2.45, 2.75) is 25.4 Å². The first-order valence-corrected chi connectivity index (χ1v) is 8.02. The number of amides is 1. The molecule has 122 valence electrons. The van der Waals surface area contributed by atoms with Crippen LogP contribution in [-0.4, -0.2) is 24.5 Å². The highest BCUT2D eigenvalue weighted by molar-refractivity contribution is 6.02. The van der Waals surface area contributed by atoms with Gasteiger partial charge >= 0.3 is 5.97 Å². The van der Waals surface area contributed by atoms with Gasteiger partial charge in [0.15, 0.2) is 6.10 Å². The van der Waals surface area contributed by atoms with E-state index in [2.05, 4.69) is 0 Å². The maximum Gasteiger partial charge on any atom is 0.339 e. The van der Waals surface area contributed by atoms with E-state index in [-0.39, 0.29) is 11.7 Å². The summed E-state index contributed by atoms with van der Waals surface area (Å²) in [5, 5.41) is 0. The fourth-order valence-electron chi connectivity index (χ4n) is 3.44. The molecule has 2 aromatic rings. The second kappa shape index (κ2) is 5.74. The van der Waals surface area contributed by atoms with Crippen LogP contribution in [0, 0.1) is 5.82 Å². The van der Waals surface area contributed by atoms with Crippen molar-refractivity contribution < 1.29 is 18.7 Å². The summed E-state index contributed by atoms with van der Waals surface area (Å²) >= 11 is 0. The SMILES string of the molecule is O=C1OC(C(=O)N2CCCc3cc(F)ccc32)Cc2ccccc21. The lowest BCUT2D eigenvalue weighted by molar-refractivity contribution is -0.127. The quantitative estimate of drug-likeness (QED) is 0.758. The molecule has 2 aliphatic rings. The van der Waals surface area contributed by atoms with Crippen LogP contribution in [0.1, 0.15) is 27.9 Å². The molecule has 1 unspecified atom stereocenters. The summed E-state index contributed by atoms with van der Waals surface area (Å²) in [6.07, 6.45) is 1.04. The van der Waals surface area contributed by atoms with E-state index in [0.29, 0.717) is 24.2 Å². The molecule has 4 nitrogen and oxygen atoms in total. The molecule has 0 radical (unpaired) electrons. The van der Waals surface area contributed by atoms with Gasteiger partial charge in [-0.3, -0.25) is 4.79 Å². The molecule has 0 N–H and O–H groups in total. The molecule has 2 aromatic carbocycles. The third-order valence-electron chi connectivity index (χ3n) is 4.59. The van der Waals surface area contributed by atoms with Crippen LogP contribution in [0.5, 0.6) is 0 Å². The van der Waals surface area contributed by atoms with Gasteiger partial charge in [0.25, 0.3) is 5.91 Å². The van der Waals surface area contributed by atoms with Crippen molar-refractivity contribution >= 4 is 17.6 Å². The molecule has 0 aliphatic carbocycles. The van der Waals surface area contributed by atoms with Gasteiger partial charge in [0.2, 0.25) is 0 Å². The van der Waals surface area contributed by atoms with E-state index in [1.807, 2.05) is 12.1 Å². The van der Waals surface area contributed by atoms with Crippen LogP contribution >= 0.6 is 0 Å². The molecular weight excluding hydrogens is 309 g/mol. The molecule has 0 spiro atoms. The number of anilines is 1. The van der Waals surface area contributed by atoms with Gasteiger partial charge in [0, 0.05) is 18.7 Å². The normalized spacial score (nSPS) is 19.3. The number of hydrogen-bond acceptors (Lipinski definition) is 3. The zero-order chi connectivity index (χ0) is 16.7. The van der Waals surface area contributed by atoms with Gasteiger partial charge in [-0.25, -0.2) is 9.18 Å². The monoisotopic (exact) mass is 325 g/mol. The summed E-state index contributed by atoms with van der Waals surface area (Å²) in [6.45, 7) is 0.549. The molecule has 1 amide bonds. The number of fused-ring (bicyclic) bond motifs is 2. The van der Waals surface area contributed by atoms with E-state index in [4.69, 9.17) is 4.74 Å². The van der Waals surface area contributed by atoms with Crippen molar-refractivity contribution in [1.29, 1.82) is 0 Å². The van der Waals surface area contributed by atoms with Gasteiger partial charge in [-0.15, -0.1) is 0 Å². The van der Waals surface area contributed by atoms with Gasteiger partial charge in [0.1, 0.15) is 5.82 Å². The average molecular weight is 325 g/mol. The number of ether oxygens (including phenoxy) is 1. The Hall–Kier alpha value is -2.69. The number of hydrogen-bond donors (Lipinski definition) is 0. The number of nitrogens with zero attached hydrogens (tertiary/aromatic N) is 1. The summed E-state index contributed by atoms with van der Waals surface area (Å²) in [4.78, 5) is 26.7. The molecule has 4 rings (SSSR count). The Morgan fingerprint density at radius 3 is 2.88 bits per heavy atom. The predicted octanol–water partition coefficient (Wildman–Crippen LogP) is 2.89. The number of benzene rings is 2. The van der Waals surface area contributed by atoms with Crippen LogP contribution in [0.25, 0.3) is 0 Å². The van der Waals surface area contributed by atoms with Crippen LogP contribution in [0.4, 0.5) is 10.1 Å². The van der Waals surface area contributed by atoms with Gasteiger partial charge in [-0.2, -0.15) is 0 Å². The first kappa shape index (κ1) is 14.9. The Labute approximate surface area is 138 Å². The van der Waals surface area contributed by atoms with E-state index in [0.717, 1.165) is 24.0 Å². The van der Waals surface area contributed by atoms with Gasteiger partial charge in [0.05, 0.1) is 5.56 Å². The van der Waals surface area contributed by atoms with Crippen molar-refractivity contribution in [2.75, 3.05) is 11.4 Å². The van der Waals surface area contributed by atoms with Crippen molar-refractivity contribution in [2.24, 2.45) is 0 Å². The van der Waals surface area contributed by atoms with Gasteiger partial charge in [-0.05, 0) is 48.2 Å². The van der Waals surface area contributed by atoms with Crippen LogP contribution < -0.4 is 4.90 Å². The predicted molar refractivity (Wildman–Crippen MR) is 86.4 cm³/mol. The summed E-state index contributed by atoms with van der Waals surface area (Å²) in [6, 6.07) is 11.6. The largest absolute Gasteiger partial charge is 0.448 e. The van der Waals surface area contributed by atoms with Crippen LogP contribution in [-0.2, 0) is 22.4 Å². The van der Waals surface area contributed by atoms with Crippen molar-refractivity contribution in [3.63, 3.8) is 0 Å². The summed E-state index contributed by atoms with van der Waals surface area (Å²) < 4.78 is 18.8. The van der Waals surface area contributed by atoms with Gasteiger partial charge in [-0.1, -0.05) is 18.2 Å². The van der Waals surface area contributed by atoms with E-state index in [9.17, 15) is 14.0 Å². The number of carbonyl (C=O) groups excluding carboxylic acids is 2. The third-order valence-corrected chi connectivity index (χ3v) is 4.59. The summed E-state index contributed by atoms with van der Waals surface area (Å²) in [7, 11) is 0. The minimum absolute atomic E-state index is 0.245. The Bertz CT molecular complexity index is 833. The molecule has 0 bridgehead atoms. The van der Waals surface area contributed by atoms with Crippen molar-refractivity contribution in [3.8, 4) is 0 Å². The number of aryl methyl sites for hydroxylation is 1. The Balaban J connectivity index is 1.63. The van der Waals surface area contributed by atoms with Crippen molar-refractivity contribution in [3.05, 3.63) is 65.0 Å². The Morgan fingerprint density at radius 2 is 2.00 bits per heavy atom. The van der Waals surface area contributed by atoms with Crippen LogP contribution in [0.3, 0.4) is 0 Å². The van der Waals surface area contributed by atoms with Crippen LogP contribution in [0.15, 0.2) is 42.5 Å². The molecule has 5 heteroatoms. The van der Waals surface area contributed by atoms with E-state index >= 15 is 0 Å². The molecule has 0 fully saturated rings. The summed E-state index contributed by atoms with van der Waals surface area (Å²) in [5.41, 5.74) is 2.87. The first-order valence-electron chi connectivity index (χ1n) is 8.02. The second-order valence-electron chi connectivity index (χ2n) is 6.12. The highest BCUT2D eigenvalue weighted by atomic mass is 19.1. The zero-order valence-electron chi connectivity index (χ0n) is 13.0. The topological polar surface area (TPSA) is 46.6 Å². The molecule has 1 atom stereocenters. The zero-order valence-corrected chi connectivity index (χ0v) is 13.0. The minimum Gasteiger partial charge on any atom is -0.448 e. The fourth-order valence-corrected chi connectivity index (χ4v) is 3.44. The van der Waals surface area contributed by atoms with E-state index in [1.165, 1.54) is 12.1 Å². The molecule has 0 aromatic heterocycles. The standard InChI is InChI=1S/C19H16FNO3/c20-14-7-8-16-13(10-14)5-3-9-21(16)18(22)17-11-12-4-1-2-6-15(12)19(23)24-17/h1-2,4,6-8,10,17H,3,5,9,11H2. The number of halogens is 1. The molecule has 2 aliphatic heterocycles. The van der Waals surface area contributed by atoms with Crippen LogP contribution in [0.2, 0.25) is 0 Å². The molecule has 24 heavy (non-hydrogen) atoms. The maximum absolute atomic E-state index is 13.4. The molecule has 2 heterocycles. The molecular formula is C19H16FNO3. The Morgan fingerprint density at radius 1 is 1.17 bits per heavy atom. The molecule has 0 saturated heterocycles. The lowest BCUT2D eigenvalue weighted by Gasteiger charge is -2.33. The molecule has 0 saturated carbocycles.